The maximum absolute atomic E-state index is 12.5. The van der Waals surface area contributed by atoms with E-state index in [1.807, 2.05) is 47.9 Å². The first-order valence-corrected chi connectivity index (χ1v) is 11.2. The summed E-state index contributed by atoms with van der Waals surface area (Å²) >= 11 is 13.5. The van der Waals surface area contributed by atoms with Gasteiger partial charge in [-0.25, -0.2) is 0 Å². The van der Waals surface area contributed by atoms with Crippen LogP contribution in [0.2, 0.25) is 10.0 Å². The van der Waals surface area contributed by atoms with Gasteiger partial charge in [-0.15, -0.1) is 10.2 Å². The van der Waals surface area contributed by atoms with Crippen molar-refractivity contribution in [1.82, 2.24) is 14.8 Å². The van der Waals surface area contributed by atoms with Crippen LogP contribution in [0.4, 0.5) is 5.69 Å². The number of rotatable bonds is 7. The molecule has 0 atom stereocenters. The van der Waals surface area contributed by atoms with Gasteiger partial charge >= 0.3 is 0 Å². The lowest BCUT2D eigenvalue weighted by Gasteiger charge is -2.11. The molecule has 2 aromatic heterocycles. The van der Waals surface area contributed by atoms with Gasteiger partial charge in [0.15, 0.2) is 11.0 Å². The molecule has 0 aliphatic rings. The number of aromatic nitrogens is 3. The first-order valence-electron chi connectivity index (χ1n) is 9.41. The van der Waals surface area contributed by atoms with Crippen molar-refractivity contribution in [1.29, 1.82) is 0 Å². The monoisotopic (exact) mass is 472 g/mol. The molecule has 0 aliphatic heterocycles. The summed E-state index contributed by atoms with van der Waals surface area (Å²) in [6.45, 7) is 2.45. The highest BCUT2D eigenvalue weighted by atomic mass is 35.5. The van der Waals surface area contributed by atoms with Crippen LogP contribution in [0.25, 0.3) is 11.4 Å². The summed E-state index contributed by atoms with van der Waals surface area (Å²) in [7, 11) is 0. The lowest BCUT2D eigenvalue weighted by Crippen LogP contribution is -2.15. The Labute approximate surface area is 193 Å². The van der Waals surface area contributed by atoms with Crippen LogP contribution in [-0.4, -0.2) is 26.4 Å². The van der Waals surface area contributed by atoms with Crippen molar-refractivity contribution in [2.75, 3.05) is 11.1 Å². The van der Waals surface area contributed by atoms with E-state index in [4.69, 9.17) is 27.6 Å². The van der Waals surface area contributed by atoms with Crippen LogP contribution in [0.5, 0.6) is 0 Å². The Morgan fingerprint density at radius 2 is 1.90 bits per heavy atom. The summed E-state index contributed by atoms with van der Waals surface area (Å²) in [5.41, 5.74) is 2.44. The van der Waals surface area contributed by atoms with Crippen LogP contribution < -0.4 is 5.32 Å². The normalized spacial score (nSPS) is 10.9. The molecule has 0 bridgehead atoms. The Balaban J connectivity index is 1.55. The van der Waals surface area contributed by atoms with Crippen LogP contribution in [0.3, 0.4) is 0 Å². The second kappa shape index (κ2) is 9.60. The third kappa shape index (κ3) is 4.95. The van der Waals surface area contributed by atoms with Gasteiger partial charge in [0.2, 0.25) is 5.91 Å². The standard InChI is InChI=1S/C22H18Cl2N4O2S/c1-14-16(10-11-30-14)21-26-27-22(28(21)12-15-6-3-2-4-7-15)31-13-19(29)25-18-9-5-8-17(23)20(18)24/h2-11H,12-13H2,1H3,(H,25,29). The molecular weight excluding hydrogens is 455 g/mol. The first kappa shape index (κ1) is 21.5. The molecule has 6 nitrogen and oxygen atoms in total. The van der Waals surface area contributed by atoms with Gasteiger partial charge in [0.1, 0.15) is 5.76 Å². The quantitative estimate of drug-likeness (QED) is 0.337. The summed E-state index contributed by atoms with van der Waals surface area (Å²) in [5.74, 6) is 1.37. The highest BCUT2D eigenvalue weighted by Crippen LogP contribution is 2.31. The first-order chi connectivity index (χ1) is 15.0. The number of hydrogen-bond acceptors (Lipinski definition) is 5. The molecule has 4 aromatic rings. The molecule has 0 fully saturated rings. The highest BCUT2D eigenvalue weighted by Gasteiger charge is 2.19. The molecule has 0 unspecified atom stereocenters. The van der Waals surface area contributed by atoms with Crippen molar-refractivity contribution in [3.8, 4) is 11.4 Å². The lowest BCUT2D eigenvalue weighted by molar-refractivity contribution is -0.113. The zero-order valence-electron chi connectivity index (χ0n) is 16.5. The summed E-state index contributed by atoms with van der Waals surface area (Å²) in [6, 6.07) is 17.0. The van der Waals surface area contributed by atoms with Crippen molar-refractivity contribution >= 4 is 46.6 Å². The Morgan fingerprint density at radius 1 is 1.10 bits per heavy atom. The average molecular weight is 473 g/mol. The number of nitrogens with zero attached hydrogens (tertiary/aromatic N) is 3. The van der Waals surface area contributed by atoms with Crippen molar-refractivity contribution in [3.05, 3.63) is 82.2 Å². The van der Waals surface area contributed by atoms with Gasteiger partial charge in [-0.1, -0.05) is 71.4 Å². The zero-order valence-corrected chi connectivity index (χ0v) is 18.8. The molecular formula is C22H18Cl2N4O2S. The third-order valence-electron chi connectivity index (χ3n) is 4.56. The summed E-state index contributed by atoms with van der Waals surface area (Å²) in [4.78, 5) is 12.5. The van der Waals surface area contributed by atoms with E-state index in [1.54, 1.807) is 24.5 Å². The van der Waals surface area contributed by atoms with Crippen LogP contribution in [0.1, 0.15) is 11.3 Å². The van der Waals surface area contributed by atoms with E-state index in [-0.39, 0.29) is 11.7 Å². The predicted octanol–water partition coefficient (Wildman–Crippen LogP) is 5.93. The van der Waals surface area contributed by atoms with Gasteiger partial charge in [0.25, 0.3) is 0 Å². The number of anilines is 1. The van der Waals surface area contributed by atoms with Crippen molar-refractivity contribution in [2.24, 2.45) is 0 Å². The number of amides is 1. The highest BCUT2D eigenvalue weighted by molar-refractivity contribution is 7.99. The van der Waals surface area contributed by atoms with E-state index in [0.29, 0.717) is 33.3 Å². The van der Waals surface area contributed by atoms with Crippen LogP contribution in [-0.2, 0) is 11.3 Å². The number of benzene rings is 2. The molecule has 1 N–H and O–H groups in total. The molecule has 0 saturated heterocycles. The van der Waals surface area contributed by atoms with Gasteiger partial charge in [0, 0.05) is 0 Å². The average Bonchev–Trinajstić information content (AvgIpc) is 3.36. The minimum atomic E-state index is -0.218. The molecule has 1 amide bonds. The van der Waals surface area contributed by atoms with Crippen LogP contribution in [0.15, 0.2) is 70.4 Å². The van der Waals surface area contributed by atoms with Crippen molar-refractivity contribution < 1.29 is 9.21 Å². The maximum Gasteiger partial charge on any atom is 0.234 e. The number of hydrogen-bond donors (Lipinski definition) is 1. The van der Waals surface area contributed by atoms with E-state index < -0.39 is 0 Å². The minimum absolute atomic E-state index is 0.139. The van der Waals surface area contributed by atoms with Gasteiger partial charge < -0.3 is 9.73 Å². The van der Waals surface area contributed by atoms with Crippen LogP contribution in [0, 0.1) is 6.92 Å². The Bertz CT molecular complexity index is 1210. The topological polar surface area (TPSA) is 72.9 Å². The fourth-order valence-electron chi connectivity index (χ4n) is 3.04. The van der Waals surface area contributed by atoms with E-state index in [2.05, 4.69) is 15.5 Å². The smallest absolute Gasteiger partial charge is 0.234 e. The van der Waals surface area contributed by atoms with Crippen molar-refractivity contribution in [3.63, 3.8) is 0 Å². The molecule has 0 saturated carbocycles. The minimum Gasteiger partial charge on any atom is -0.469 e. The molecule has 0 radical (unpaired) electrons. The van der Waals surface area contributed by atoms with E-state index >= 15 is 0 Å². The molecule has 31 heavy (non-hydrogen) atoms. The van der Waals surface area contributed by atoms with Gasteiger partial charge in [-0.2, -0.15) is 0 Å². The summed E-state index contributed by atoms with van der Waals surface area (Å²) in [6.07, 6.45) is 1.63. The second-order valence-corrected chi connectivity index (χ2v) is 8.43. The number of nitrogens with one attached hydrogen (secondary N) is 1. The van der Waals surface area contributed by atoms with Gasteiger partial charge in [0.05, 0.1) is 39.9 Å². The predicted molar refractivity (Wildman–Crippen MR) is 124 cm³/mol. The summed E-state index contributed by atoms with van der Waals surface area (Å²) in [5, 5.41) is 12.8. The van der Waals surface area contributed by atoms with Crippen LogP contribution >= 0.6 is 35.0 Å². The Morgan fingerprint density at radius 3 is 2.65 bits per heavy atom. The Kier molecular flexibility index (Phi) is 6.65. The largest absolute Gasteiger partial charge is 0.469 e. The van der Waals surface area contributed by atoms with Gasteiger partial charge in [-0.05, 0) is 30.7 Å². The molecule has 4 rings (SSSR count). The number of thioether (sulfide) groups is 1. The molecule has 9 heteroatoms. The summed E-state index contributed by atoms with van der Waals surface area (Å²) < 4.78 is 7.43. The SMILES string of the molecule is Cc1occc1-c1nnc(SCC(=O)Nc2cccc(Cl)c2Cl)n1Cc1ccccc1. The third-order valence-corrected chi connectivity index (χ3v) is 6.34. The zero-order chi connectivity index (χ0) is 21.8. The maximum atomic E-state index is 12.5. The molecule has 0 spiro atoms. The molecule has 2 aromatic carbocycles. The van der Waals surface area contributed by atoms with E-state index in [9.17, 15) is 4.79 Å². The Hall–Kier alpha value is -2.74. The molecule has 0 aliphatic carbocycles. The van der Waals surface area contributed by atoms with E-state index in [1.165, 1.54) is 11.8 Å². The number of carbonyl (C=O) groups excluding carboxylic acids is 1. The van der Waals surface area contributed by atoms with E-state index in [0.717, 1.165) is 16.9 Å². The fraction of sp³-hybridized carbons (Fsp3) is 0.136. The number of aryl methyl sites for hydroxylation is 1. The lowest BCUT2D eigenvalue weighted by atomic mass is 10.2. The second-order valence-electron chi connectivity index (χ2n) is 6.71. The number of halogens is 2. The number of furan rings is 1. The molecule has 2 heterocycles. The number of carbonyl (C=O) groups is 1. The van der Waals surface area contributed by atoms with Crippen molar-refractivity contribution in [2.45, 2.75) is 18.6 Å². The fourth-order valence-corrected chi connectivity index (χ4v) is 4.12. The molecule has 158 valence electrons. The van der Waals surface area contributed by atoms with Gasteiger partial charge in [-0.3, -0.25) is 9.36 Å².